The van der Waals surface area contributed by atoms with E-state index < -0.39 is 0 Å². The Morgan fingerprint density at radius 1 is 1.15 bits per heavy atom. The van der Waals surface area contributed by atoms with Crippen molar-refractivity contribution in [2.45, 2.75) is 34.1 Å². The van der Waals surface area contributed by atoms with Crippen LogP contribution in [0.2, 0.25) is 0 Å². The predicted octanol–water partition coefficient (Wildman–Crippen LogP) is 4.40. The van der Waals surface area contributed by atoms with Crippen molar-refractivity contribution >= 4 is 9.39 Å². The highest BCUT2D eigenvalue weighted by Gasteiger charge is 2.17. The highest BCUT2D eigenvalue weighted by Crippen LogP contribution is 2.23. The molecule has 1 atom stereocenters. The summed E-state index contributed by atoms with van der Waals surface area (Å²) in [5.41, 5.74) is 7.93. The summed E-state index contributed by atoms with van der Waals surface area (Å²) in [6.45, 7) is 8.63. The molecule has 0 spiro atoms. The minimum atomic E-state index is 1.02. The Kier molecular flexibility index (Phi) is 4.73. The SMILES string of the molecule is CC=C(C)Cc1ccc(-c2ccccc2C)[n+](P)c1C. The number of nitrogens with zero attached hydrogens (tertiary/aromatic N) is 1. The molecular formula is C18H23NP+. The van der Waals surface area contributed by atoms with E-state index >= 15 is 0 Å². The van der Waals surface area contributed by atoms with Crippen molar-refractivity contribution in [3.8, 4) is 11.3 Å². The fourth-order valence-electron chi connectivity index (χ4n) is 2.38. The van der Waals surface area contributed by atoms with Crippen LogP contribution in [0.1, 0.15) is 30.7 Å². The molecule has 0 aliphatic carbocycles. The zero-order chi connectivity index (χ0) is 14.7. The molecule has 0 saturated carbocycles. The molecule has 1 aromatic heterocycles. The zero-order valence-corrected chi connectivity index (χ0v) is 13.9. The molecule has 104 valence electrons. The molecule has 0 radical (unpaired) electrons. The van der Waals surface area contributed by atoms with Gasteiger partial charge >= 0.3 is 0 Å². The van der Waals surface area contributed by atoms with E-state index in [0.29, 0.717) is 0 Å². The topological polar surface area (TPSA) is 3.88 Å². The van der Waals surface area contributed by atoms with Crippen LogP contribution in [0.15, 0.2) is 48.0 Å². The van der Waals surface area contributed by atoms with Gasteiger partial charge in [-0.1, -0.05) is 29.8 Å². The van der Waals surface area contributed by atoms with Gasteiger partial charge in [0, 0.05) is 24.1 Å². The van der Waals surface area contributed by atoms with E-state index in [2.05, 4.69) is 83.9 Å². The van der Waals surface area contributed by atoms with Crippen LogP contribution in [0.25, 0.3) is 11.3 Å². The van der Waals surface area contributed by atoms with E-state index in [-0.39, 0.29) is 0 Å². The maximum Gasteiger partial charge on any atom is 0.213 e. The second kappa shape index (κ2) is 6.33. The van der Waals surface area contributed by atoms with Crippen molar-refractivity contribution in [2.75, 3.05) is 0 Å². The Bertz CT molecular complexity index is 656. The van der Waals surface area contributed by atoms with Crippen molar-refractivity contribution < 1.29 is 4.34 Å². The van der Waals surface area contributed by atoms with Crippen molar-refractivity contribution in [3.05, 3.63) is 64.9 Å². The van der Waals surface area contributed by atoms with Crippen LogP contribution in [0.5, 0.6) is 0 Å². The Hall–Kier alpha value is -1.46. The van der Waals surface area contributed by atoms with Gasteiger partial charge < -0.3 is 0 Å². The van der Waals surface area contributed by atoms with Gasteiger partial charge in [0.05, 0.1) is 0 Å². The van der Waals surface area contributed by atoms with Crippen molar-refractivity contribution in [1.82, 2.24) is 0 Å². The minimum Gasteiger partial charge on any atom is -0.185 e. The molecule has 20 heavy (non-hydrogen) atoms. The summed E-state index contributed by atoms with van der Waals surface area (Å²) in [6, 6.07) is 13.0. The smallest absolute Gasteiger partial charge is 0.185 e. The molecule has 0 saturated heterocycles. The summed E-state index contributed by atoms with van der Waals surface area (Å²) in [5.74, 6) is 0. The van der Waals surface area contributed by atoms with E-state index in [1.165, 1.54) is 33.7 Å². The lowest BCUT2D eigenvalue weighted by molar-refractivity contribution is -0.495. The van der Waals surface area contributed by atoms with Gasteiger partial charge in [0.15, 0.2) is 15.1 Å². The van der Waals surface area contributed by atoms with E-state index in [4.69, 9.17) is 0 Å². The van der Waals surface area contributed by atoms with Gasteiger partial charge in [-0.25, -0.2) is 0 Å². The third-order valence-corrected chi connectivity index (χ3v) is 4.58. The van der Waals surface area contributed by atoms with Gasteiger partial charge in [0.2, 0.25) is 5.69 Å². The van der Waals surface area contributed by atoms with Crippen LogP contribution in [0, 0.1) is 13.8 Å². The monoisotopic (exact) mass is 284 g/mol. The van der Waals surface area contributed by atoms with Crippen molar-refractivity contribution in [3.63, 3.8) is 0 Å². The van der Waals surface area contributed by atoms with Crippen LogP contribution in [-0.4, -0.2) is 0 Å². The molecule has 1 aromatic carbocycles. The molecule has 0 aliphatic heterocycles. The summed E-state index contributed by atoms with van der Waals surface area (Å²) in [7, 11) is 2.85. The lowest BCUT2D eigenvalue weighted by Crippen LogP contribution is -2.28. The van der Waals surface area contributed by atoms with Crippen LogP contribution >= 0.6 is 9.39 Å². The molecule has 0 aliphatic rings. The quantitative estimate of drug-likeness (QED) is 0.581. The molecule has 0 fully saturated rings. The van der Waals surface area contributed by atoms with Gasteiger partial charge in [-0.2, -0.15) is 4.34 Å². The summed E-state index contributed by atoms with van der Waals surface area (Å²) in [5, 5.41) is 0. The van der Waals surface area contributed by atoms with E-state index in [1.54, 1.807) is 0 Å². The average molecular weight is 284 g/mol. The lowest BCUT2D eigenvalue weighted by atomic mass is 10.0. The Morgan fingerprint density at radius 2 is 1.85 bits per heavy atom. The third kappa shape index (κ3) is 2.99. The summed E-state index contributed by atoms with van der Waals surface area (Å²) in [6.07, 6.45) is 3.20. The van der Waals surface area contributed by atoms with Crippen molar-refractivity contribution in [1.29, 1.82) is 0 Å². The molecule has 1 unspecified atom stereocenters. The normalized spacial score (nSPS) is 11.8. The Morgan fingerprint density at radius 3 is 2.50 bits per heavy atom. The highest BCUT2D eigenvalue weighted by atomic mass is 31.0. The number of pyridine rings is 1. The molecule has 0 bridgehead atoms. The number of rotatable bonds is 3. The van der Waals surface area contributed by atoms with Crippen LogP contribution in [0.3, 0.4) is 0 Å². The molecule has 1 heterocycles. The van der Waals surface area contributed by atoms with Crippen LogP contribution < -0.4 is 4.34 Å². The standard InChI is InChI=1S/C18H23NP/c1-5-13(2)12-16-10-11-18(19(20)15(16)4)17-9-7-6-8-14(17)3/h5-11H,12,20H2,1-4H3/q+1. The number of aryl methyl sites for hydroxylation is 1. The van der Waals surface area contributed by atoms with E-state index in [0.717, 1.165) is 6.42 Å². The van der Waals surface area contributed by atoms with Gasteiger partial charge in [0.25, 0.3) is 0 Å². The summed E-state index contributed by atoms with van der Waals surface area (Å²) < 4.78 is 2.22. The fraction of sp³-hybridized carbons (Fsp3) is 0.278. The molecule has 2 rings (SSSR count). The maximum absolute atomic E-state index is 2.85. The van der Waals surface area contributed by atoms with Crippen LogP contribution in [-0.2, 0) is 6.42 Å². The maximum atomic E-state index is 2.85. The zero-order valence-electron chi connectivity index (χ0n) is 12.8. The van der Waals surface area contributed by atoms with Gasteiger partial charge in [-0.15, -0.1) is 0 Å². The number of benzene rings is 1. The molecule has 0 amide bonds. The molecule has 2 heteroatoms. The fourth-order valence-corrected chi connectivity index (χ4v) is 2.78. The molecule has 1 nitrogen and oxygen atoms in total. The highest BCUT2D eigenvalue weighted by molar-refractivity contribution is 7.07. The first kappa shape index (κ1) is 14.9. The number of allylic oxidation sites excluding steroid dienone is 2. The largest absolute Gasteiger partial charge is 0.213 e. The first-order valence-electron chi connectivity index (χ1n) is 7.02. The number of hydrogen-bond acceptors (Lipinski definition) is 0. The summed E-state index contributed by atoms with van der Waals surface area (Å²) >= 11 is 0. The van der Waals surface area contributed by atoms with Gasteiger partial charge in [-0.3, -0.25) is 0 Å². The molecular weight excluding hydrogens is 261 g/mol. The predicted molar refractivity (Wildman–Crippen MR) is 89.8 cm³/mol. The molecule has 2 aromatic rings. The lowest BCUT2D eigenvalue weighted by Gasteiger charge is -2.09. The van der Waals surface area contributed by atoms with Crippen LogP contribution in [0.4, 0.5) is 0 Å². The third-order valence-electron chi connectivity index (χ3n) is 3.91. The Labute approximate surface area is 124 Å². The van der Waals surface area contributed by atoms with Crippen molar-refractivity contribution in [2.24, 2.45) is 0 Å². The minimum absolute atomic E-state index is 1.02. The number of aromatic nitrogens is 1. The number of hydrogen-bond donors (Lipinski definition) is 0. The van der Waals surface area contributed by atoms with Gasteiger partial charge in [0.1, 0.15) is 0 Å². The van der Waals surface area contributed by atoms with Gasteiger partial charge in [-0.05, 0) is 44.9 Å². The first-order valence-corrected chi connectivity index (χ1v) is 7.53. The second-order valence-electron chi connectivity index (χ2n) is 5.33. The van der Waals surface area contributed by atoms with E-state index in [1.807, 2.05) is 0 Å². The second-order valence-corrected chi connectivity index (χ2v) is 5.84. The molecule has 0 N–H and O–H groups in total. The first-order chi connectivity index (χ1) is 9.54. The van der Waals surface area contributed by atoms with E-state index in [9.17, 15) is 0 Å². The Balaban J connectivity index is 2.49. The summed E-state index contributed by atoms with van der Waals surface area (Å²) in [4.78, 5) is 0. The average Bonchev–Trinajstić information content (AvgIpc) is 2.45.